The minimum atomic E-state index is -1.01. The molecule has 0 saturated carbocycles. The Bertz CT molecular complexity index is 297. The van der Waals surface area contributed by atoms with Crippen LogP contribution < -0.4 is 0 Å². The van der Waals surface area contributed by atoms with Crippen molar-refractivity contribution in [2.45, 2.75) is 26.4 Å². The van der Waals surface area contributed by atoms with E-state index < -0.39 is 5.97 Å². The van der Waals surface area contributed by atoms with Crippen LogP contribution in [0.4, 0.5) is 0 Å². The maximum atomic E-state index is 10.1. The average Bonchev–Trinajstić information content (AvgIpc) is 2.53. The van der Waals surface area contributed by atoms with E-state index in [0.717, 1.165) is 12.8 Å². The van der Waals surface area contributed by atoms with E-state index >= 15 is 0 Å². The molecule has 0 unspecified atom stereocenters. The highest BCUT2D eigenvalue weighted by Crippen LogP contribution is 2.01. The van der Waals surface area contributed by atoms with Crippen molar-refractivity contribution >= 4 is 5.97 Å². The van der Waals surface area contributed by atoms with Gasteiger partial charge in [0.2, 0.25) is 5.89 Å². The number of nitrogens with zero attached hydrogens (tertiary/aromatic N) is 2. The SMILES string of the molecule is CCCc1nc(COCC(=O)O)no1. The average molecular weight is 200 g/mol. The van der Waals surface area contributed by atoms with Gasteiger partial charge in [-0.25, -0.2) is 4.79 Å². The van der Waals surface area contributed by atoms with E-state index in [1.165, 1.54) is 0 Å². The molecule has 14 heavy (non-hydrogen) atoms. The van der Waals surface area contributed by atoms with Crippen LogP contribution in [0.1, 0.15) is 25.1 Å². The number of carboxylic acid groups (broad SMARTS) is 1. The topological polar surface area (TPSA) is 85.5 Å². The number of ether oxygens (including phenoxy) is 1. The zero-order valence-corrected chi connectivity index (χ0v) is 7.89. The molecule has 1 N–H and O–H groups in total. The first-order valence-electron chi connectivity index (χ1n) is 4.33. The second-order valence-corrected chi connectivity index (χ2v) is 2.74. The summed E-state index contributed by atoms with van der Waals surface area (Å²) in [4.78, 5) is 14.1. The lowest BCUT2D eigenvalue weighted by molar-refractivity contribution is -0.142. The molecule has 0 aromatic carbocycles. The van der Waals surface area contributed by atoms with E-state index in [4.69, 9.17) is 14.4 Å². The lowest BCUT2D eigenvalue weighted by Crippen LogP contribution is -2.07. The third-order valence-electron chi connectivity index (χ3n) is 1.43. The van der Waals surface area contributed by atoms with Gasteiger partial charge in [0.1, 0.15) is 13.2 Å². The fraction of sp³-hybridized carbons (Fsp3) is 0.625. The molecule has 0 aliphatic rings. The molecule has 0 radical (unpaired) electrons. The van der Waals surface area contributed by atoms with Crippen LogP contribution in [0.3, 0.4) is 0 Å². The van der Waals surface area contributed by atoms with Crippen LogP contribution in [0, 0.1) is 0 Å². The molecule has 6 heteroatoms. The largest absolute Gasteiger partial charge is 0.480 e. The van der Waals surface area contributed by atoms with E-state index in [0.29, 0.717) is 11.7 Å². The van der Waals surface area contributed by atoms with Crippen molar-refractivity contribution in [3.63, 3.8) is 0 Å². The number of rotatable bonds is 6. The van der Waals surface area contributed by atoms with Gasteiger partial charge in [0.05, 0.1) is 0 Å². The third-order valence-corrected chi connectivity index (χ3v) is 1.43. The maximum Gasteiger partial charge on any atom is 0.329 e. The Morgan fingerprint density at radius 1 is 1.64 bits per heavy atom. The molecule has 0 fully saturated rings. The lowest BCUT2D eigenvalue weighted by atomic mass is 10.3. The van der Waals surface area contributed by atoms with Crippen LogP contribution in [-0.2, 0) is 22.6 Å². The number of aromatic nitrogens is 2. The highest BCUT2D eigenvalue weighted by molar-refractivity contribution is 5.67. The number of carboxylic acids is 1. The van der Waals surface area contributed by atoms with E-state index in [1.54, 1.807) is 0 Å². The number of hydrogen-bond acceptors (Lipinski definition) is 5. The molecule has 0 saturated heterocycles. The standard InChI is InChI=1S/C8H12N2O4/c1-2-3-7-9-6(10-14-7)4-13-5-8(11)12/h2-5H2,1H3,(H,11,12). The quantitative estimate of drug-likeness (QED) is 0.724. The van der Waals surface area contributed by atoms with Crippen molar-refractivity contribution in [2.24, 2.45) is 0 Å². The molecule has 0 amide bonds. The van der Waals surface area contributed by atoms with E-state index in [1.807, 2.05) is 6.92 Å². The van der Waals surface area contributed by atoms with Crippen molar-refractivity contribution in [1.29, 1.82) is 0 Å². The summed E-state index contributed by atoms with van der Waals surface area (Å²) in [5, 5.41) is 11.9. The summed E-state index contributed by atoms with van der Waals surface area (Å²) in [6, 6.07) is 0. The van der Waals surface area contributed by atoms with Crippen LogP contribution >= 0.6 is 0 Å². The van der Waals surface area contributed by atoms with Gasteiger partial charge in [0, 0.05) is 6.42 Å². The zero-order chi connectivity index (χ0) is 10.4. The minimum absolute atomic E-state index is 0.0690. The molecule has 1 aromatic rings. The second-order valence-electron chi connectivity index (χ2n) is 2.74. The predicted molar refractivity (Wildman–Crippen MR) is 45.6 cm³/mol. The van der Waals surface area contributed by atoms with Gasteiger partial charge in [-0.1, -0.05) is 12.1 Å². The number of aryl methyl sites for hydroxylation is 1. The van der Waals surface area contributed by atoms with Gasteiger partial charge in [0.15, 0.2) is 5.82 Å². The molecule has 78 valence electrons. The molecule has 6 nitrogen and oxygen atoms in total. The Labute approximate surface area is 80.9 Å². The van der Waals surface area contributed by atoms with Gasteiger partial charge in [-0.05, 0) is 6.42 Å². The smallest absolute Gasteiger partial charge is 0.329 e. The fourth-order valence-corrected chi connectivity index (χ4v) is 0.894. The number of carbonyl (C=O) groups is 1. The monoisotopic (exact) mass is 200 g/mol. The predicted octanol–water partition coefficient (Wildman–Crippen LogP) is 0.623. The molecular formula is C8H12N2O4. The highest BCUT2D eigenvalue weighted by atomic mass is 16.5. The van der Waals surface area contributed by atoms with Crippen LogP contribution in [0.25, 0.3) is 0 Å². The highest BCUT2D eigenvalue weighted by Gasteiger charge is 2.05. The Morgan fingerprint density at radius 3 is 3.07 bits per heavy atom. The second kappa shape index (κ2) is 5.33. The summed E-state index contributed by atoms with van der Waals surface area (Å²) in [7, 11) is 0. The van der Waals surface area contributed by atoms with Crippen molar-refractivity contribution < 1.29 is 19.2 Å². The van der Waals surface area contributed by atoms with E-state index in [2.05, 4.69) is 10.1 Å². The normalized spacial score (nSPS) is 10.4. The summed E-state index contributed by atoms with van der Waals surface area (Å²) in [6.07, 6.45) is 1.66. The maximum absolute atomic E-state index is 10.1. The van der Waals surface area contributed by atoms with Gasteiger partial charge >= 0.3 is 5.97 Å². The van der Waals surface area contributed by atoms with Crippen LogP contribution in [-0.4, -0.2) is 27.8 Å². The molecule has 0 spiro atoms. The van der Waals surface area contributed by atoms with Gasteiger partial charge < -0.3 is 14.4 Å². The molecule has 0 bridgehead atoms. The summed E-state index contributed by atoms with van der Waals surface area (Å²) in [5.41, 5.74) is 0. The van der Waals surface area contributed by atoms with Crippen LogP contribution in [0.2, 0.25) is 0 Å². The molecular weight excluding hydrogens is 188 g/mol. The molecule has 0 aliphatic heterocycles. The van der Waals surface area contributed by atoms with Crippen LogP contribution in [0.5, 0.6) is 0 Å². The summed E-state index contributed by atoms with van der Waals surface area (Å²) < 4.78 is 9.66. The van der Waals surface area contributed by atoms with Gasteiger partial charge in [-0.15, -0.1) is 0 Å². The Hall–Kier alpha value is -1.43. The van der Waals surface area contributed by atoms with Crippen LogP contribution in [0.15, 0.2) is 4.52 Å². The molecule has 1 aromatic heterocycles. The van der Waals surface area contributed by atoms with Crippen molar-refractivity contribution in [3.05, 3.63) is 11.7 Å². The first kappa shape index (κ1) is 10.6. The Morgan fingerprint density at radius 2 is 2.43 bits per heavy atom. The Kier molecular flexibility index (Phi) is 4.06. The molecule has 0 atom stereocenters. The van der Waals surface area contributed by atoms with E-state index in [-0.39, 0.29) is 13.2 Å². The third kappa shape index (κ3) is 3.53. The fourth-order valence-electron chi connectivity index (χ4n) is 0.894. The van der Waals surface area contributed by atoms with Gasteiger partial charge in [0.25, 0.3) is 0 Å². The molecule has 1 heterocycles. The van der Waals surface area contributed by atoms with Crippen molar-refractivity contribution in [1.82, 2.24) is 10.1 Å². The molecule has 0 aliphatic carbocycles. The summed E-state index contributed by atoms with van der Waals surface area (Å²) in [5.74, 6) is -0.0709. The number of aliphatic carboxylic acids is 1. The summed E-state index contributed by atoms with van der Waals surface area (Å²) >= 11 is 0. The van der Waals surface area contributed by atoms with Gasteiger partial charge in [-0.3, -0.25) is 0 Å². The Balaban J connectivity index is 2.32. The number of hydrogen-bond donors (Lipinski definition) is 1. The first-order valence-corrected chi connectivity index (χ1v) is 4.33. The van der Waals surface area contributed by atoms with E-state index in [9.17, 15) is 4.79 Å². The van der Waals surface area contributed by atoms with Crippen molar-refractivity contribution in [3.8, 4) is 0 Å². The molecule has 1 rings (SSSR count). The van der Waals surface area contributed by atoms with Gasteiger partial charge in [-0.2, -0.15) is 4.98 Å². The first-order chi connectivity index (χ1) is 6.72. The summed E-state index contributed by atoms with van der Waals surface area (Å²) in [6.45, 7) is 1.72. The zero-order valence-electron chi connectivity index (χ0n) is 7.89. The lowest BCUT2D eigenvalue weighted by Gasteiger charge is -1.93. The minimum Gasteiger partial charge on any atom is -0.480 e. The van der Waals surface area contributed by atoms with Crippen molar-refractivity contribution in [2.75, 3.05) is 6.61 Å².